The van der Waals surface area contributed by atoms with Gasteiger partial charge in [0.25, 0.3) is 0 Å². The third-order valence-corrected chi connectivity index (χ3v) is 1.38. The van der Waals surface area contributed by atoms with Gasteiger partial charge in [0.2, 0.25) is 0 Å². The first-order chi connectivity index (χ1) is 6.20. The zero-order valence-electron chi connectivity index (χ0n) is 7.05. The zero-order chi connectivity index (χ0) is 9.68. The molecule has 0 bridgehead atoms. The molecule has 0 amide bonds. The maximum atomic E-state index is 10.1. The van der Waals surface area contributed by atoms with Crippen LogP contribution in [0.4, 0.5) is 0 Å². The van der Waals surface area contributed by atoms with Crippen molar-refractivity contribution < 1.29 is 9.15 Å². The summed E-state index contributed by atoms with van der Waals surface area (Å²) >= 11 is 0. The number of hydrazine groups is 1. The molecule has 2 heterocycles. The third-order valence-electron chi connectivity index (χ3n) is 1.38. The highest BCUT2D eigenvalue weighted by molar-refractivity contribution is 4.66. The van der Waals surface area contributed by atoms with Crippen molar-refractivity contribution in [3.05, 3.63) is 23.0 Å². The molecule has 1 aliphatic rings. The highest BCUT2D eigenvalue weighted by Crippen LogP contribution is 1.88. The molecule has 0 aliphatic carbocycles. The van der Waals surface area contributed by atoms with E-state index in [1.165, 1.54) is 12.5 Å². The number of hydrogen-bond donors (Lipinski definition) is 2. The summed E-state index contributed by atoms with van der Waals surface area (Å²) in [4.78, 5) is 10.1. The predicted molar refractivity (Wildman–Crippen MR) is 44.8 cm³/mol. The first-order valence-corrected chi connectivity index (χ1v) is 3.69. The predicted octanol–water partition coefficient (Wildman–Crippen LogP) is -1.70. The highest BCUT2D eigenvalue weighted by Gasteiger charge is 2.03. The van der Waals surface area contributed by atoms with Gasteiger partial charge in [0.1, 0.15) is 13.0 Å². The van der Waals surface area contributed by atoms with Crippen LogP contribution in [0.1, 0.15) is 0 Å². The van der Waals surface area contributed by atoms with Crippen molar-refractivity contribution in [3.63, 3.8) is 0 Å². The summed E-state index contributed by atoms with van der Waals surface area (Å²) in [6, 6.07) is 0. The molecule has 7 nitrogen and oxygen atoms in total. The quantitative estimate of drug-likeness (QED) is 0.471. The lowest BCUT2D eigenvalue weighted by molar-refractivity contribution is 0.141. The molecule has 2 rings (SSSR count). The molecule has 0 atom stereocenters. The van der Waals surface area contributed by atoms with Gasteiger partial charge in [0.05, 0.1) is 12.8 Å². The van der Waals surface area contributed by atoms with Crippen LogP contribution < -0.4 is 17.4 Å². The Morgan fingerprint density at radius 1 is 1.46 bits per heavy atom. The molecule has 0 spiro atoms. The van der Waals surface area contributed by atoms with Crippen LogP contribution in [0.3, 0.4) is 0 Å². The van der Waals surface area contributed by atoms with E-state index in [1.807, 2.05) is 0 Å². The second kappa shape index (κ2) is 4.65. The lowest BCUT2D eigenvalue weighted by Gasteiger charge is -1.98. The van der Waals surface area contributed by atoms with Gasteiger partial charge in [0.15, 0.2) is 0 Å². The maximum Gasteiger partial charge on any atom is 0.437 e. The van der Waals surface area contributed by atoms with Crippen LogP contribution in [0.5, 0.6) is 0 Å². The van der Waals surface area contributed by atoms with Crippen LogP contribution in [-0.2, 0) is 4.74 Å². The largest absolute Gasteiger partial charge is 0.437 e. The molecule has 0 saturated carbocycles. The van der Waals surface area contributed by atoms with Crippen molar-refractivity contribution in [2.75, 3.05) is 25.7 Å². The minimum absolute atomic E-state index is 0.542. The standard InChI is InChI=1S/C3H4N2O2.C3H8N2O/c4-5-1-2-7-3(5)6;4-5-1-2-6-3-5/h1-2H,4H2;1-4H2. The third kappa shape index (κ3) is 3.28. The Kier molecular flexibility index (Phi) is 3.50. The van der Waals surface area contributed by atoms with E-state index in [9.17, 15) is 4.79 Å². The molecule has 1 aromatic rings. The average molecular weight is 188 g/mol. The molecule has 1 aromatic heterocycles. The molecule has 0 aromatic carbocycles. The number of nitrogens with two attached hydrogens (primary N) is 2. The molecule has 0 radical (unpaired) electrons. The minimum Gasteiger partial charge on any atom is -0.415 e. The summed E-state index contributed by atoms with van der Waals surface area (Å²) in [6.07, 6.45) is 2.56. The van der Waals surface area contributed by atoms with Crippen LogP contribution in [-0.4, -0.2) is 29.6 Å². The minimum atomic E-state index is -0.542. The van der Waals surface area contributed by atoms with Crippen LogP contribution >= 0.6 is 0 Å². The fourth-order valence-electron chi connectivity index (χ4n) is 0.704. The van der Waals surface area contributed by atoms with E-state index in [0.717, 1.165) is 17.8 Å². The topological polar surface area (TPSA) is 99.7 Å². The number of ether oxygens (including phenoxy) is 1. The monoisotopic (exact) mass is 188 g/mol. The van der Waals surface area contributed by atoms with Crippen LogP contribution in [0.2, 0.25) is 0 Å². The van der Waals surface area contributed by atoms with E-state index in [0.29, 0.717) is 6.73 Å². The second-order valence-corrected chi connectivity index (χ2v) is 2.43. The molecule has 4 N–H and O–H groups in total. The fraction of sp³-hybridized carbons (Fsp3) is 0.500. The number of nitrogens with zero attached hydrogens (tertiary/aromatic N) is 2. The smallest absolute Gasteiger partial charge is 0.415 e. The van der Waals surface area contributed by atoms with E-state index in [2.05, 4.69) is 4.42 Å². The Morgan fingerprint density at radius 2 is 2.23 bits per heavy atom. The van der Waals surface area contributed by atoms with Crippen LogP contribution in [0.25, 0.3) is 0 Å². The van der Waals surface area contributed by atoms with Gasteiger partial charge in [-0.05, 0) is 0 Å². The zero-order valence-corrected chi connectivity index (χ0v) is 7.05. The molecule has 1 aliphatic heterocycles. The lowest BCUT2D eigenvalue weighted by Crippen LogP contribution is -2.27. The maximum absolute atomic E-state index is 10.1. The van der Waals surface area contributed by atoms with E-state index in [-0.39, 0.29) is 0 Å². The molecular weight excluding hydrogens is 176 g/mol. The summed E-state index contributed by atoms with van der Waals surface area (Å²) in [7, 11) is 0. The van der Waals surface area contributed by atoms with E-state index in [4.69, 9.17) is 16.4 Å². The van der Waals surface area contributed by atoms with Crippen molar-refractivity contribution in [1.29, 1.82) is 0 Å². The summed E-state index contributed by atoms with van der Waals surface area (Å²) in [5.41, 5.74) is 0. The number of aromatic nitrogens is 1. The average Bonchev–Trinajstić information content (AvgIpc) is 2.67. The summed E-state index contributed by atoms with van der Waals surface area (Å²) < 4.78 is 9.97. The summed E-state index contributed by atoms with van der Waals surface area (Å²) in [6.45, 7) is 2.26. The SMILES string of the molecule is NN1CCOC1.Nn1ccoc1=O. The van der Waals surface area contributed by atoms with Gasteiger partial charge in [-0.25, -0.2) is 9.80 Å². The van der Waals surface area contributed by atoms with Crippen molar-refractivity contribution in [2.45, 2.75) is 0 Å². The Bertz CT molecular complexity index is 288. The van der Waals surface area contributed by atoms with Gasteiger partial charge in [0, 0.05) is 6.54 Å². The molecular formula is C6H12N4O3. The Hall–Kier alpha value is -1.31. The van der Waals surface area contributed by atoms with Crippen molar-refractivity contribution in [1.82, 2.24) is 9.69 Å². The molecule has 13 heavy (non-hydrogen) atoms. The molecule has 7 heteroatoms. The lowest BCUT2D eigenvalue weighted by atomic mass is 10.7. The number of hydrogen-bond acceptors (Lipinski definition) is 6. The Morgan fingerprint density at radius 3 is 2.38 bits per heavy atom. The van der Waals surface area contributed by atoms with Crippen molar-refractivity contribution >= 4 is 0 Å². The Labute approximate surface area is 74.4 Å². The number of nitrogen functional groups attached to an aromatic ring is 1. The second-order valence-electron chi connectivity index (χ2n) is 2.43. The molecule has 1 fully saturated rings. The van der Waals surface area contributed by atoms with Gasteiger partial charge in [-0.2, -0.15) is 4.68 Å². The first-order valence-electron chi connectivity index (χ1n) is 3.69. The van der Waals surface area contributed by atoms with Crippen molar-refractivity contribution in [3.8, 4) is 0 Å². The molecule has 0 unspecified atom stereocenters. The number of rotatable bonds is 0. The Balaban J connectivity index is 0.000000132. The van der Waals surface area contributed by atoms with Gasteiger partial charge in [-0.15, -0.1) is 0 Å². The normalized spacial score (nSPS) is 16.7. The van der Waals surface area contributed by atoms with Crippen LogP contribution in [0.15, 0.2) is 21.7 Å². The van der Waals surface area contributed by atoms with Gasteiger partial charge >= 0.3 is 5.76 Å². The van der Waals surface area contributed by atoms with Crippen molar-refractivity contribution in [2.24, 2.45) is 5.84 Å². The highest BCUT2D eigenvalue weighted by atomic mass is 16.5. The van der Waals surface area contributed by atoms with Crippen LogP contribution in [0, 0.1) is 0 Å². The number of oxazole rings is 1. The first kappa shape index (κ1) is 9.78. The van der Waals surface area contributed by atoms with Gasteiger partial charge in [-0.1, -0.05) is 0 Å². The molecule has 74 valence electrons. The summed E-state index contributed by atoms with van der Waals surface area (Å²) in [5, 5.41) is 1.64. The van der Waals surface area contributed by atoms with Gasteiger partial charge < -0.3 is 15.0 Å². The van der Waals surface area contributed by atoms with E-state index in [1.54, 1.807) is 5.01 Å². The summed E-state index contributed by atoms with van der Waals surface area (Å²) in [5.74, 6) is 9.65. The van der Waals surface area contributed by atoms with E-state index >= 15 is 0 Å². The molecule has 1 saturated heterocycles. The van der Waals surface area contributed by atoms with Gasteiger partial charge in [-0.3, -0.25) is 5.84 Å². The van der Waals surface area contributed by atoms with E-state index < -0.39 is 5.76 Å². The fourth-order valence-corrected chi connectivity index (χ4v) is 0.704.